The quantitative estimate of drug-likeness (QED) is 0.639. The van der Waals surface area contributed by atoms with Gasteiger partial charge in [0.15, 0.2) is 0 Å². The van der Waals surface area contributed by atoms with Crippen LogP contribution in [0, 0.1) is 5.92 Å². The van der Waals surface area contributed by atoms with Crippen molar-refractivity contribution in [2.75, 3.05) is 0 Å². The van der Waals surface area contributed by atoms with Crippen LogP contribution in [0.4, 0.5) is 0 Å². The predicted octanol–water partition coefficient (Wildman–Crippen LogP) is 1.57. The molecule has 4 heteroatoms. The van der Waals surface area contributed by atoms with Crippen molar-refractivity contribution in [1.82, 2.24) is 0 Å². The Kier molecular flexibility index (Phi) is 5.75. The average Bonchev–Trinajstić information content (AvgIpc) is 1.96. The topological polar surface area (TPSA) is 63.3 Å². The van der Waals surface area contributed by atoms with Crippen LogP contribution in [0.1, 0.15) is 25.7 Å². The molecule has 0 aromatic carbocycles. The van der Waals surface area contributed by atoms with Crippen molar-refractivity contribution < 1.29 is 9.90 Å². The Morgan fingerprint density at radius 2 is 1.85 bits per heavy atom. The van der Waals surface area contributed by atoms with E-state index in [-0.39, 0.29) is 24.4 Å². The van der Waals surface area contributed by atoms with Crippen LogP contribution in [0.2, 0.25) is 0 Å². The van der Waals surface area contributed by atoms with Gasteiger partial charge in [0, 0.05) is 6.04 Å². The summed E-state index contributed by atoms with van der Waals surface area (Å²) < 4.78 is 0. The molecule has 0 saturated heterocycles. The molecule has 0 unspecified atom stereocenters. The van der Waals surface area contributed by atoms with Crippen LogP contribution in [0.3, 0.4) is 0 Å². The van der Waals surface area contributed by atoms with E-state index in [1.54, 1.807) is 0 Å². The Morgan fingerprint density at radius 3 is 2.38 bits per heavy atom. The zero-order valence-electron chi connectivity index (χ0n) is 7.48. The van der Waals surface area contributed by atoms with E-state index >= 15 is 0 Å². The van der Waals surface area contributed by atoms with Crippen LogP contribution in [-0.2, 0) is 4.79 Å². The Labute approximate surface area is 84.4 Å². The first-order chi connectivity index (χ1) is 5.72. The average molecular weight is 206 g/mol. The van der Waals surface area contributed by atoms with Gasteiger partial charge in [0.05, 0.1) is 5.92 Å². The zero-order chi connectivity index (χ0) is 8.97. The van der Waals surface area contributed by atoms with Gasteiger partial charge in [0.1, 0.15) is 0 Å². The zero-order valence-corrected chi connectivity index (χ0v) is 8.30. The number of carboxylic acids is 1. The monoisotopic (exact) mass is 205 g/mol. The first-order valence-electron chi connectivity index (χ1n) is 4.35. The smallest absolute Gasteiger partial charge is 0.308 e. The molecule has 0 saturated carbocycles. The molecule has 0 heterocycles. The third-order valence-electron chi connectivity index (χ3n) is 2.31. The van der Waals surface area contributed by atoms with Crippen molar-refractivity contribution in [3.63, 3.8) is 0 Å². The van der Waals surface area contributed by atoms with E-state index in [9.17, 15) is 4.79 Å². The Bertz CT molecular complexity index is 194. The van der Waals surface area contributed by atoms with Crippen molar-refractivity contribution in [3.05, 3.63) is 12.2 Å². The summed E-state index contributed by atoms with van der Waals surface area (Å²) >= 11 is 0. The lowest BCUT2D eigenvalue weighted by Crippen LogP contribution is -2.35. The number of hydrogen-bond donors (Lipinski definition) is 2. The van der Waals surface area contributed by atoms with E-state index in [0.717, 1.165) is 19.3 Å². The molecule has 76 valence electrons. The highest BCUT2D eigenvalue weighted by Gasteiger charge is 2.24. The molecule has 0 radical (unpaired) electrons. The highest BCUT2D eigenvalue weighted by Crippen LogP contribution is 2.17. The SMILES string of the molecule is Cl.N[C@H]1CC/C=C\CC[C@H]1C(=O)O. The minimum atomic E-state index is -0.752. The maximum Gasteiger partial charge on any atom is 0.308 e. The van der Waals surface area contributed by atoms with E-state index in [2.05, 4.69) is 6.08 Å². The molecular formula is C9H16ClNO2. The molecule has 0 aromatic rings. The van der Waals surface area contributed by atoms with Gasteiger partial charge >= 0.3 is 5.97 Å². The summed E-state index contributed by atoms with van der Waals surface area (Å²) in [5, 5.41) is 8.82. The maximum absolute atomic E-state index is 10.7. The Hall–Kier alpha value is -0.540. The summed E-state index contributed by atoms with van der Waals surface area (Å²) in [5.74, 6) is -1.10. The number of carboxylic acid groups (broad SMARTS) is 1. The molecule has 0 aromatic heterocycles. The fourth-order valence-electron chi connectivity index (χ4n) is 1.52. The lowest BCUT2D eigenvalue weighted by atomic mass is 9.90. The minimum absolute atomic E-state index is 0. The first-order valence-corrected chi connectivity index (χ1v) is 4.35. The first kappa shape index (κ1) is 12.5. The fourth-order valence-corrected chi connectivity index (χ4v) is 1.52. The molecule has 1 aliphatic rings. The second-order valence-electron chi connectivity index (χ2n) is 3.23. The fraction of sp³-hybridized carbons (Fsp3) is 0.667. The summed E-state index contributed by atoms with van der Waals surface area (Å²) in [6.07, 6.45) is 7.33. The van der Waals surface area contributed by atoms with Gasteiger partial charge in [-0.25, -0.2) is 0 Å². The number of allylic oxidation sites excluding steroid dienone is 2. The van der Waals surface area contributed by atoms with Crippen LogP contribution >= 0.6 is 12.4 Å². The lowest BCUT2D eigenvalue weighted by Gasteiger charge is -2.20. The molecule has 0 spiro atoms. The number of carbonyl (C=O) groups is 1. The number of halogens is 1. The second-order valence-corrected chi connectivity index (χ2v) is 3.23. The van der Waals surface area contributed by atoms with Crippen LogP contribution < -0.4 is 5.73 Å². The van der Waals surface area contributed by atoms with Gasteiger partial charge in [-0.05, 0) is 25.7 Å². The van der Waals surface area contributed by atoms with Gasteiger partial charge in [-0.15, -0.1) is 12.4 Å². The van der Waals surface area contributed by atoms with E-state index in [1.165, 1.54) is 0 Å². The highest BCUT2D eigenvalue weighted by molar-refractivity contribution is 5.85. The summed E-state index contributed by atoms with van der Waals surface area (Å²) in [7, 11) is 0. The van der Waals surface area contributed by atoms with Crippen molar-refractivity contribution in [3.8, 4) is 0 Å². The van der Waals surface area contributed by atoms with Gasteiger partial charge in [-0.1, -0.05) is 12.2 Å². The van der Waals surface area contributed by atoms with Gasteiger partial charge in [0.25, 0.3) is 0 Å². The predicted molar refractivity (Wildman–Crippen MR) is 54.0 cm³/mol. The Morgan fingerprint density at radius 1 is 1.31 bits per heavy atom. The molecule has 2 atom stereocenters. The van der Waals surface area contributed by atoms with Crippen molar-refractivity contribution in [1.29, 1.82) is 0 Å². The van der Waals surface area contributed by atoms with Gasteiger partial charge in [0.2, 0.25) is 0 Å². The normalized spacial score (nSPS) is 30.8. The second kappa shape index (κ2) is 6.00. The maximum atomic E-state index is 10.7. The molecule has 0 fully saturated rings. The highest BCUT2D eigenvalue weighted by atomic mass is 35.5. The molecular weight excluding hydrogens is 190 g/mol. The van der Waals surface area contributed by atoms with Crippen molar-refractivity contribution in [2.24, 2.45) is 11.7 Å². The molecule has 3 nitrogen and oxygen atoms in total. The standard InChI is InChI=1S/C9H15NO2.ClH/c10-8-6-4-2-1-3-5-7(8)9(11)12;/h1-2,7-8H,3-6,10H2,(H,11,12);1H/b2-1-;/t7-,8+;/m1./s1. The molecule has 1 rings (SSSR count). The van der Waals surface area contributed by atoms with E-state index in [1.807, 2.05) is 6.08 Å². The van der Waals surface area contributed by atoms with Crippen molar-refractivity contribution in [2.45, 2.75) is 31.7 Å². The van der Waals surface area contributed by atoms with Crippen LogP contribution in [-0.4, -0.2) is 17.1 Å². The van der Waals surface area contributed by atoms with Crippen LogP contribution in [0.25, 0.3) is 0 Å². The number of hydrogen-bond acceptors (Lipinski definition) is 2. The van der Waals surface area contributed by atoms with Gasteiger partial charge in [-0.2, -0.15) is 0 Å². The third kappa shape index (κ3) is 3.79. The number of rotatable bonds is 1. The van der Waals surface area contributed by atoms with E-state index in [0.29, 0.717) is 6.42 Å². The van der Waals surface area contributed by atoms with Crippen molar-refractivity contribution >= 4 is 18.4 Å². The summed E-state index contributed by atoms with van der Waals surface area (Å²) in [6, 6.07) is -0.174. The largest absolute Gasteiger partial charge is 0.481 e. The van der Waals surface area contributed by atoms with E-state index < -0.39 is 5.97 Å². The molecule has 1 aliphatic carbocycles. The minimum Gasteiger partial charge on any atom is -0.481 e. The lowest BCUT2D eigenvalue weighted by molar-refractivity contribution is -0.142. The molecule has 13 heavy (non-hydrogen) atoms. The summed E-state index contributed by atoms with van der Waals surface area (Å²) in [4.78, 5) is 10.7. The molecule has 0 aliphatic heterocycles. The van der Waals surface area contributed by atoms with Crippen LogP contribution in [0.15, 0.2) is 12.2 Å². The molecule has 0 bridgehead atoms. The number of nitrogens with two attached hydrogens (primary N) is 1. The van der Waals surface area contributed by atoms with Gasteiger partial charge < -0.3 is 10.8 Å². The molecule has 0 amide bonds. The Balaban J connectivity index is 0.00000144. The van der Waals surface area contributed by atoms with E-state index in [4.69, 9.17) is 10.8 Å². The third-order valence-corrected chi connectivity index (χ3v) is 2.31. The van der Waals surface area contributed by atoms with Gasteiger partial charge in [-0.3, -0.25) is 4.79 Å². The summed E-state index contributed by atoms with van der Waals surface area (Å²) in [5.41, 5.74) is 5.73. The number of aliphatic carboxylic acids is 1. The van der Waals surface area contributed by atoms with Crippen LogP contribution in [0.5, 0.6) is 0 Å². The molecule has 3 N–H and O–H groups in total. The summed E-state index contributed by atoms with van der Waals surface area (Å²) in [6.45, 7) is 0.